The highest BCUT2D eigenvalue weighted by Crippen LogP contribution is 2.18. The predicted molar refractivity (Wildman–Crippen MR) is 94.8 cm³/mol. The molecule has 2 aromatic heterocycles. The van der Waals surface area contributed by atoms with Crippen molar-refractivity contribution < 1.29 is 8.81 Å². The molecule has 0 atom stereocenters. The minimum absolute atomic E-state index is 0.287. The van der Waals surface area contributed by atoms with Crippen molar-refractivity contribution in [1.82, 2.24) is 30.4 Å². The van der Waals surface area contributed by atoms with Gasteiger partial charge in [-0.2, -0.15) is 5.10 Å². The number of aromatic nitrogens is 4. The Bertz CT molecular complexity index is 869. The minimum atomic E-state index is -0.287. The highest BCUT2D eigenvalue weighted by Gasteiger charge is 2.07. The van der Waals surface area contributed by atoms with Gasteiger partial charge in [0, 0.05) is 32.6 Å². The number of nitrogens with one attached hydrogen (secondary N) is 2. The molecule has 136 valence electrons. The quantitative estimate of drug-likeness (QED) is 0.513. The summed E-state index contributed by atoms with van der Waals surface area (Å²) >= 11 is 0. The molecule has 0 fully saturated rings. The Morgan fingerprint density at radius 2 is 2.08 bits per heavy atom. The van der Waals surface area contributed by atoms with E-state index in [1.165, 1.54) is 18.5 Å². The van der Waals surface area contributed by atoms with Crippen LogP contribution in [0.5, 0.6) is 0 Å². The number of oxazole rings is 1. The Morgan fingerprint density at radius 3 is 2.77 bits per heavy atom. The van der Waals surface area contributed by atoms with E-state index < -0.39 is 0 Å². The normalized spacial score (nSPS) is 11.6. The van der Waals surface area contributed by atoms with E-state index in [4.69, 9.17) is 4.42 Å². The first-order chi connectivity index (χ1) is 12.7. The highest BCUT2D eigenvalue weighted by molar-refractivity contribution is 5.79. The Kier molecular flexibility index (Phi) is 5.57. The Labute approximate surface area is 150 Å². The smallest absolute Gasteiger partial charge is 0.226 e. The molecule has 2 N–H and O–H groups in total. The van der Waals surface area contributed by atoms with E-state index in [1.807, 2.05) is 7.05 Å². The molecule has 2 heterocycles. The summed E-state index contributed by atoms with van der Waals surface area (Å²) in [4.78, 5) is 12.7. The van der Waals surface area contributed by atoms with E-state index in [1.54, 1.807) is 30.1 Å². The monoisotopic (exact) mass is 357 g/mol. The molecule has 3 rings (SSSR count). The van der Waals surface area contributed by atoms with Gasteiger partial charge in [0.05, 0.1) is 12.2 Å². The standard InChI is InChI=1S/C17H20FN7O/c1-19-17(21-9-15-22-11-23-25(15)2)20-8-7-14-10-26-16(24-14)12-3-5-13(18)6-4-12/h3-6,10-11H,7-9H2,1-2H3,(H2,19,20,21). The first kappa shape index (κ1) is 17.6. The fourth-order valence-corrected chi connectivity index (χ4v) is 2.32. The number of hydrogen-bond acceptors (Lipinski definition) is 5. The summed E-state index contributed by atoms with van der Waals surface area (Å²) in [6.45, 7) is 1.16. The summed E-state index contributed by atoms with van der Waals surface area (Å²) in [6, 6.07) is 6.05. The molecule has 0 aliphatic rings. The van der Waals surface area contributed by atoms with Crippen LogP contribution in [0.3, 0.4) is 0 Å². The lowest BCUT2D eigenvalue weighted by atomic mass is 10.2. The van der Waals surface area contributed by atoms with E-state index in [2.05, 4.69) is 30.7 Å². The van der Waals surface area contributed by atoms with Gasteiger partial charge >= 0.3 is 0 Å². The van der Waals surface area contributed by atoms with E-state index in [0.29, 0.717) is 31.4 Å². The zero-order valence-electron chi connectivity index (χ0n) is 14.6. The van der Waals surface area contributed by atoms with E-state index >= 15 is 0 Å². The molecule has 0 radical (unpaired) electrons. The molecular formula is C17H20FN7O. The number of halogens is 1. The highest BCUT2D eigenvalue weighted by atomic mass is 19.1. The molecule has 0 unspecified atom stereocenters. The Hall–Kier alpha value is -3.23. The van der Waals surface area contributed by atoms with Crippen LogP contribution in [0.1, 0.15) is 11.5 Å². The van der Waals surface area contributed by atoms with E-state index in [9.17, 15) is 4.39 Å². The first-order valence-electron chi connectivity index (χ1n) is 8.13. The van der Waals surface area contributed by atoms with Crippen LogP contribution in [0, 0.1) is 5.82 Å². The third-order valence-corrected chi connectivity index (χ3v) is 3.76. The number of nitrogens with zero attached hydrogens (tertiary/aromatic N) is 5. The lowest BCUT2D eigenvalue weighted by molar-refractivity contribution is 0.571. The van der Waals surface area contributed by atoms with Crippen LogP contribution in [0.2, 0.25) is 0 Å². The van der Waals surface area contributed by atoms with Crippen molar-refractivity contribution in [2.75, 3.05) is 13.6 Å². The summed E-state index contributed by atoms with van der Waals surface area (Å²) < 4.78 is 20.1. The van der Waals surface area contributed by atoms with Crippen LogP contribution in [-0.4, -0.2) is 39.3 Å². The van der Waals surface area contributed by atoms with Crippen LogP contribution in [0.15, 0.2) is 46.3 Å². The van der Waals surface area contributed by atoms with Gasteiger partial charge in [0.1, 0.15) is 24.2 Å². The van der Waals surface area contributed by atoms with Gasteiger partial charge < -0.3 is 15.1 Å². The maximum atomic E-state index is 13.0. The fourth-order valence-electron chi connectivity index (χ4n) is 2.32. The molecule has 0 aliphatic heterocycles. The van der Waals surface area contributed by atoms with Crippen molar-refractivity contribution >= 4 is 5.96 Å². The van der Waals surface area contributed by atoms with Crippen molar-refractivity contribution in [2.45, 2.75) is 13.0 Å². The van der Waals surface area contributed by atoms with Crippen LogP contribution >= 0.6 is 0 Å². The van der Waals surface area contributed by atoms with Crippen LogP contribution in [0.4, 0.5) is 4.39 Å². The second-order valence-corrected chi connectivity index (χ2v) is 5.55. The molecule has 0 saturated carbocycles. The number of aryl methyl sites for hydroxylation is 1. The maximum Gasteiger partial charge on any atom is 0.226 e. The largest absolute Gasteiger partial charge is 0.444 e. The zero-order chi connectivity index (χ0) is 18.4. The van der Waals surface area contributed by atoms with E-state index in [0.717, 1.165) is 17.1 Å². The molecule has 0 spiro atoms. The summed E-state index contributed by atoms with van der Waals surface area (Å²) in [5, 5.41) is 10.4. The summed E-state index contributed by atoms with van der Waals surface area (Å²) in [7, 11) is 3.54. The Balaban J connectivity index is 1.48. The number of guanidine groups is 1. The van der Waals surface area contributed by atoms with Gasteiger partial charge in [-0.25, -0.2) is 14.4 Å². The van der Waals surface area contributed by atoms with Crippen molar-refractivity contribution in [3.05, 3.63) is 54.2 Å². The molecule has 9 heteroatoms. The van der Waals surface area contributed by atoms with Crippen LogP contribution < -0.4 is 10.6 Å². The number of rotatable bonds is 6. The predicted octanol–water partition coefficient (Wildman–Crippen LogP) is 1.52. The molecule has 8 nitrogen and oxygen atoms in total. The summed E-state index contributed by atoms with van der Waals surface area (Å²) in [5.41, 5.74) is 1.55. The number of benzene rings is 1. The third kappa shape index (κ3) is 4.44. The van der Waals surface area contributed by atoms with Gasteiger partial charge in [0.15, 0.2) is 5.96 Å². The lowest BCUT2D eigenvalue weighted by Crippen LogP contribution is -2.38. The van der Waals surface area contributed by atoms with Gasteiger partial charge in [-0.05, 0) is 24.3 Å². The van der Waals surface area contributed by atoms with Gasteiger partial charge in [-0.3, -0.25) is 9.67 Å². The Morgan fingerprint density at radius 1 is 1.27 bits per heavy atom. The van der Waals surface area contributed by atoms with Crippen LogP contribution in [0.25, 0.3) is 11.5 Å². The van der Waals surface area contributed by atoms with E-state index in [-0.39, 0.29) is 5.82 Å². The SMILES string of the molecule is CN=C(NCCc1coc(-c2ccc(F)cc2)n1)NCc1ncnn1C. The molecule has 0 aliphatic carbocycles. The van der Waals surface area contributed by atoms with Crippen molar-refractivity contribution in [3.8, 4) is 11.5 Å². The van der Waals surface area contributed by atoms with Crippen molar-refractivity contribution in [2.24, 2.45) is 12.0 Å². The summed E-state index contributed by atoms with van der Waals surface area (Å²) in [5.74, 6) is 1.67. The molecular weight excluding hydrogens is 337 g/mol. The average molecular weight is 357 g/mol. The lowest BCUT2D eigenvalue weighted by Gasteiger charge is -2.10. The molecule has 26 heavy (non-hydrogen) atoms. The molecule has 1 aromatic carbocycles. The number of hydrogen-bond donors (Lipinski definition) is 2. The second-order valence-electron chi connectivity index (χ2n) is 5.55. The van der Waals surface area contributed by atoms with Gasteiger partial charge in [-0.15, -0.1) is 0 Å². The molecule has 3 aromatic rings. The maximum absolute atomic E-state index is 13.0. The van der Waals surface area contributed by atoms with Crippen molar-refractivity contribution in [3.63, 3.8) is 0 Å². The average Bonchev–Trinajstić information content (AvgIpc) is 3.28. The fraction of sp³-hybridized carbons (Fsp3) is 0.294. The second kappa shape index (κ2) is 8.24. The van der Waals surface area contributed by atoms with Gasteiger partial charge in [-0.1, -0.05) is 0 Å². The van der Waals surface area contributed by atoms with Crippen LogP contribution in [-0.2, 0) is 20.0 Å². The van der Waals surface area contributed by atoms with Gasteiger partial charge in [0.25, 0.3) is 0 Å². The topological polar surface area (TPSA) is 93.2 Å². The van der Waals surface area contributed by atoms with Gasteiger partial charge in [0.2, 0.25) is 5.89 Å². The molecule has 0 saturated heterocycles. The van der Waals surface area contributed by atoms with Crippen molar-refractivity contribution in [1.29, 1.82) is 0 Å². The third-order valence-electron chi connectivity index (χ3n) is 3.76. The molecule has 0 bridgehead atoms. The zero-order valence-corrected chi connectivity index (χ0v) is 14.6. The first-order valence-corrected chi connectivity index (χ1v) is 8.13. The summed E-state index contributed by atoms with van der Waals surface area (Å²) in [6.07, 6.45) is 3.78. The molecule has 0 amide bonds. The minimum Gasteiger partial charge on any atom is -0.444 e. The number of aliphatic imine (C=N–C) groups is 1.